The summed E-state index contributed by atoms with van der Waals surface area (Å²) in [6, 6.07) is 8.35. The Hall–Kier alpha value is -2.34. The predicted octanol–water partition coefficient (Wildman–Crippen LogP) is 2.48. The van der Waals surface area contributed by atoms with Crippen LogP contribution in [0.1, 0.15) is 52.6 Å². The first-order chi connectivity index (χ1) is 13.2. The summed E-state index contributed by atoms with van der Waals surface area (Å²) in [7, 11) is 3.56. The van der Waals surface area contributed by atoms with E-state index in [1.54, 1.807) is 11.8 Å². The van der Waals surface area contributed by atoms with Gasteiger partial charge in [0.25, 0.3) is 5.91 Å². The van der Waals surface area contributed by atoms with Crippen LogP contribution in [-0.2, 0) is 19.9 Å². The largest absolute Gasteiger partial charge is 0.497 e. The number of carbonyl (C=O) groups is 1. The van der Waals surface area contributed by atoms with Crippen molar-refractivity contribution in [3.05, 3.63) is 46.8 Å². The van der Waals surface area contributed by atoms with Crippen LogP contribution in [0.15, 0.2) is 24.3 Å². The number of hydrogen-bond acceptors (Lipinski definition) is 4. The molecule has 1 unspecified atom stereocenters. The predicted molar refractivity (Wildman–Crippen MR) is 104 cm³/mol. The molecule has 2 heterocycles. The molecule has 1 aromatic heterocycles. The van der Waals surface area contributed by atoms with Crippen molar-refractivity contribution in [2.45, 2.75) is 38.1 Å². The molecule has 0 bridgehead atoms. The van der Waals surface area contributed by atoms with Gasteiger partial charge in [-0.05, 0) is 62.9 Å². The molecule has 2 aliphatic rings. The van der Waals surface area contributed by atoms with Gasteiger partial charge in [0.1, 0.15) is 11.4 Å². The van der Waals surface area contributed by atoms with E-state index in [4.69, 9.17) is 4.74 Å². The molecule has 27 heavy (non-hydrogen) atoms. The molecule has 0 radical (unpaired) electrons. The summed E-state index contributed by atoms with van der Waals surface area (Å²) in [5.41, 5.74) is 4.14. The first-order valence-corrected chi connectivity index (χ1v) is 9.88. The summed E-state index contributed by atoms with van der Waals surface area (Å²) in [6.07, 6.45) is 5.46. The van der Waals surface area contributed by atoms with E-state index >= 15 is 0 Å². The first kappa shape index (κ1) is 18.0. The van der Waals surface area contributed by atoms with E-state index in [0.29, 0.717) is 6.54 Å². The number of rotatable bonds is 6. The lowest BCUT2D eigenvalue weighted by Crippen LogP contribution is -2.37. The van der Waals surface area contributed by atoms with E-state index in [1.165, 1.54) is 18.4 Å². The minimum absolute atomic E-state index is 0.0137. The van der Waals surface area contributed by atoms with Crippen molar-refractivity contribution in [3.8, 4) is 5.75 Å². The number of ether oxygens (including phenoxy) is 1. The van der Waals surface area contributed by atoms with Crippen LogP contribution in [0.25, 0.3) is 0 Å². The number of methoxy groups -OCH3 is 1. The summed E-state index contributed by atoms with van der Waals surface area (Å²) in [5, 5.41) is 7.71. The average Bonchev–Trinajstić information content (AvgIpc) is 3.40. The number of nitrogens with zero attached hydrogens (tertiary/aromatic N) is 3. The van der Waals surface area contributed by atoms with Gasteiger partial charge in [0, 0.05) is 19.2 Å². The average molecular weight is 368 g/mol. The highest BCUT2D eigenvalue weighted by molar-refractivity contribution is 5.94. The molecule has 1 saturated heterocycles. The molecule has 1 amide bonds. The second-order valence-corrected chi connectivity index (χ2v) is 7.50. The topological polar surface area (TPSA) is 59.4 Å². The van der Waals surface area contributed by atoms with Gasteiger partial charge in [-0.1, -0.05) is 12.1 Å². The Bertz CT molecular complexity index is 824. The zero-order chi connectivity index (χ0) is 18.8. The monoisotopic (exact) mass is 368 g/mol. The number of aromatic nitrogens is 2. The van der Waals surface area contributed by atoms with Gasteiger partial charge in [0.05, 0.1) is 18.8 Å². The molecular weight excluding hydrogens is 340 g/mol. The third-order valence-electron chi connectivity index (χ3n) is 5.80. The molecule has 6 heteroatoms. The van der Waals surface area contributed by atoms with Crippen molar-refractivity contribution in [2.24, 2.45) is 7.05 Å². The fraction of sp³-hybridized carbons (Fsp3) is 0.524. The summed E-state index contributed by atoms with van der Waals surface area (Å²) in [6.45, 7) is 2.73. The molecule has 6 nitrogen and oxygen atoms in total. The smallest absolute Gasteiger partial charge is 0.269 e. The minimum Gasteiger partial charge on any atom is -0.497 e. The summed E-state index contributed by atoms with van der Waals surface area (Å²) < 4.78 is 7.15. The van der Waals surface area contributed by atoms with E-state index in [-0.39, 0.29) is 11.9 Å². The third kappa shape index (κ3) is 3.58. The maximum absolute atomic E-state index is 12.9. The maximum atomic E-state index is 12.9. The number of benzene rings is 1. The fourth-order valence-electron chi connectivity index (χ4n) is 4.44. The van der Waals surface area contributed by atoms with E-state index in [9.17, 15) is 4.79 Å². The van der Waals surface area contributed by atoms with Crippen LogP contribution in [0, 0.1) is 0 Å². The molecule has 1 N–H and O–H groups in total. The summed E-state index contributed by atoms with van der Waals surface area (Å²) in [4.78, 5) is 15.4. The molecular formula is C21H28N4O2. The standard InChI is InChI=1S/C21H28N4O2/c1-24-20(17-9-6-10-18(17)23-24)21(26)22-14-19(25-11-3-4-12-25)15-7-5-8-16(13-15)27-2/h5,7-8,13,19H,3-4,6,9-12,14H2,1-2H3,(H,22,26). The number of amides is 1. The van der Waals surface area contributed by atoms with Crippen molar-refractivity contribution in [1.82, 2.24) is 20.0 Å². The number of carbonyl (C=O) groups excluding carboxylic acids is 1. The molecule has 2 aromatic rings. The van der Waals surface area contributed by atoms with Crippen LogP contribution in [-0.4, -0.2) is 47.3 Å². The Labute approximate surface area is 160 Å². The fourth-order valence-corrected chi connectivity index (χ4v) is 4.44. The van der Waals surface area contributed by atoms with Gasteiger partial charge in [-0.2, -0.15) is 5.10 Å². The minimum atomic E-state index is -0.0137. The highest BCUT2D eigenvalue weighted by Gasteiger charge is 2.28. The lowest BCUT2D eigenvalue weighted by atomic mass is 10.0. The summed E-state index contributed by atoms with van der Waals surface area (Å²) in [5.74, 6) is 0.840. The van der Waals surface area contributed by atoms with Crippen LogP contribution in [0.4, 0.5) is 0 Å². The van der Waals surface area contributed by atoms with Crippen molar-refractivity contribution < 1.29 is 9.53 Å². The second-order valence-electron chi connectivity index (χ2n) is 7.50. The Kier molecular flexibility index (Phi) is 5.16. The van der Waals surface area contributed by atoms with Gasteiger partial charge >= 0.3 is 0 Å². The van der Waals surface area contributed by atoms with Crippen molar-refractivity contribution in [3.63, 3.8) is 0 Å². The van der Waals surface area contributed by atoms with Crippen LogP contribution >= 0.6 is 0 Å². The number of hydrogen-bond donors (Lipinski definition) is 1. The molecule has 1 atom stereocenters. The van der Waals surface area contributed by atoms with Gasteiger partial charge in [-0.15, -0.1) is 0 Å². The molecule has 1 aliphatic heterocycles. The Morgan fingerprint density at radius 3 is 2.85 bits per heavy atom. The lowest BCUT2D eigenvalue weighted by molar-refractivity contribution is 0.0927. The molecule has 1 aromatic carbocycles. The van der Waals surface area contributed by atoms with Crippen molar-refractivity contribution in [2.75, 3.05) is 26.7 Å². The normalized spacial score (nSPS) is 17.7. The van der Waals surface area contributed by atoms with E-state index in [1.807, 2.05) is 19.2 Å². The Balaban J connectivity index is 1.53. The van der Waals surface area contributed by atoms with Gasteiger partial charge < -0.3 is 10.1 Å². The van der Waals surface area contributed by atoms with Gasteiger partial charge in [0.15, 0.2) is 0 Å². The zero-order valence-corrected chi connectivity index (χ0v) is 16.2. The SMILES string of the molecule is COc1cccc(C(CNC(=O)c2c3c(nn2C)CCC3)N2CCCC2)c1. The van der Waals surface area contributed by atoms with Gasteiger partial charge in [0.2, 0.25) is 0 Å². The van der Waals surface area contributed by atoms with Gasteiger partial charge in [-0.25, -0.2) is 0 Å². The quantitative estimate of drug-likeness (QED) is 0.851. The third-order valence-corrected chi connectivity index (χ3v) is 5.80. The van der Waals surface area contributed by atoms with Crippen LogP contribution in [0.3, 0.4) is 0 Å². The first-order valence-electron chi connectivity index (χ1n) is 9.88. The molecule has 4 rings (SSSR count). The van der Waals surface area contributed by atoms with Crippen molar-refractivity contribution in [1.29, 1.82) is 0 Å². The number of likely N-dealkylation sites (tertiary alicyclic amines) is 1. The van der Waals surface area contributed by atoms with Gasteiger partial charge in [-0.3, -0.25) is 14.4 Å². The lowest BCUT2D eigenvalue weighted by Gasteiger charge is -2.28. The van der Waals surface area contributed by atoms with E-state index in [0.717, 1.165) is 55.1 Å². The molecule has 1 fully saturated rings. The second kappa shape index (κ2) is 7.72. The number of nitrogens with one attached hydrogen (secondary N) is 1. The molecule has 144 valence electrons. The Morgan fingerprint density at radius 2 is 2.07 bits per heavy atom. The van der Waals surface area contributed by atoms with Crippen LogP contribution in [0.5, 0.6) is 5.75 Å². The van der Waals surface area contributed by atoms with Crippen LogP contribution < -0.4 is 10.1 Å². The van der Waals surface area contributed by atoms with Crippen molar-refractivity contribution >= 4 is 5.91 Å². The highest BCUT2D eigenvalue weighted by Crippen LogP contribution is 2.28. The summed E-state index contributed by atoms with van der Waals surface area (Å²) >= 11 is 0. The molecule has 0 saturated carbocycles. The zero-order valence-electron chi connectivity index (χ0n) is 16.2. The number of fused-ring (bicyclic) bond motifs is 1. The number of aryl methyl sites for hydroxylation is 2. The highest BCUT2D eigenvalue weighted by atomic mass is 16.5. The van der Waals surface area contributed by atoms with E-state index < -0.39 is 0 Å². The maximum Gasteiger partial charge on any atom is 0.269 e. The van der Waals surface area contributed by atoms with E-state index in [2.05, 4.69) is 27.4 Å². The molecule has 0 spiro atoms. The Morgan fingerprint density at radius 1 is 1.26 bits per heavy atom. The molecule has 1 aliphatic carbocycles. The van der Waals surface area contributed by atoms with Crippen LogP contribution in [0.2, 0.25) is 0 Å².